The fourth-order valence-corrected chi connectivity index (χ4v) is 4.28. The number of benzene rings is 1. The predicted octanol–water partition coefficient (Wildman–Crippen LogP) is 2.72. The number of rotatable bonds is 7. The average molecular weight is 400 g/mol. The minimum absolute atomic E-state index is 0.0478. The number of amides is 3. The van der Waals surface area contributed by atoms with Crippen molar-refractivity contribution < 1.29 is 14.4 Å². The molecule has 2 fully saturated rings. The molecule has 0 bridgehead atoms. The van der Waals surface area contributed by atoms with Crippen molar-refractivity contribution in [3.05, 3.63) is 35.9 Å². The van der Waals surface area contributed by atoms with Crippen LogP contribution in [0.2, 0.25) is 0 Å². The lowest BCUT2D eigenvalue weighted by Gasteiger charge is -2.39. The quantitative estimate of drug-likeness (QED) is 0.766. The van der Waals surface area contributed by atoms with E-state index >= 15 is 0 Å². The third-order valence-corrected chi connectivity index (χ3v) is 6.01. The Morgan fingerprint density at radius 3 is 2.45 bits per heavy atom. The molecule has 2 aliphatic heterocycles. The molecule has 3 amide bonds. The van der Waals surface area contributed by atoms with Crippen LogP contribution in [0.3, 0.4) is 0 Å². The van der Waals surface area contributed by atoms with E-state index in [-0.39, 0.29) is 29.8 Å². The van der Waals surface area contributed by atoms with Crippen molar-refractivity contribution in [2.24, 2.45) is 5.92 Å². The Bertz CT molecular complexity index is 711. The van der Waals surface area contributed by atoms with Crippen molar-refractivity contribution >= 4 is 17.7 Å². The van der Waals surface area contributed by atoms with Gasteiger partial charge in [0.25, 0.3) is 0 Å². The summed E-state index contributed by atoms with van der Waals surface area (Å²) >= 11 is 0. The lowest BCUT2D eigenvalue weighted by Crippen LogP contribution is -2.53. The first-order chi connectivity index (χ1) is 14.0. The molecule has 1 aromatic rings. The van der Waals surface area contributed by atoms with Crippen LogP contribution in [0.4, 0.5) is 0 Å². The minimum atomic E-state index is -0.389. The Kier molecular flexibility index (Phi) is 7.29. The van der Waals surface area contributed by atoms with Gasteiger partial charge in [-0.25, -0.2) is 0 Å². The van der Waals surface area contributed by atoms with Gasteiger partial charge in [-0.1, -0.05) is 44.2 Å². The molecule has 3 rings (SSSR count). The second-order valence-electron chi connectivity index (χ2n) is 8.60. The van der Waals surface area contributed by atoms with E-state index in [1.807, 2.05) is 35.2 Å². The van der Waals surface area contributed by atoms with Crippen LogP contribution in [-0.4, -0.2) is 52.7 Å². The summed E-state index contributed by atoms with van der Waals surface area (Å²) in [4.78, 5) is 41.4. The summed E-state index contributed by atoms with van der Waals surface area (Å²) in [6, 6.07) is 9.45. The number of hydrogen-bond donors (Lipinski definition) is 1. The van der Waals surface area contributed by atoms with E-state index in [9.17, 15) is 14.4 Å². The maximum absolute atomic E-state index is 12.8. The van der Waals surface area contributed by atoms with Crippen molar-refractivity contribution in [1.82, 2.24) is 15.1 Å². The molecule has 1 atom stereocenters. The lowest BCUT2D eigenvalue weighted by atomic mass is 10.0. The molecule has 0 aromatic heterocycles. The highest BCUT2D eigenvalue weighted by molar-refractivity contribution is 5.91. The first-order valence-corrected chi connectivity index (χ1v) is 10.9. The number of carbonyl (C=O) groups excluding carboxylic acids is 3. The van der Waals surface area contributed by atoms with Crippen LogP contribution in [0.1, 0.15) is 57.9 Å². The van der Waals surface area contributed by atoms with Gasteiger partial charge in [0.2, 0.25) is 17.7 Å². The summed E-state index contributed by atoms with van der Waals surface area (Å²) in [7, 11) is 0. The molecule has 158 valence electrons. The Morgan fingerprint density at radius 1 is 1.10 bits per heavy atom. The summed E-state index contributed by atoms with van der Waals surface area (Å²) in [5, 5.41) is 2.99. The van der Waals surface area contributed by atoms with Crippen molar-refractivity contribution in [2.45, 2.75) is 71.0 Å². The molecule has 2 aliphatic rings. The van der Waals surface area contributed by atoms with Gasteiger partial charge in [-0.3, -0.25) is 14.4 Å². The van der Waals surface area contributed by atoms with E-state index in [1.54, 1.807) is 4.90 Å². The number of piperidine rings is 1. The van der Waals surface area contributed by atoms with Crippen molar-refractivity contribution in [1.29, 1.82) is 0 Å². The third kappa shape index (κ3) is 5.58. The van der Waals surface area contributed by atoms with Crippen LogP contribution in [0.15, 0.2) is 30.3 Å². The van der Waals surface area contributed by atoms with Crippen LogP contribution in [0.25, 0.3) is 0 Å². The van der Waals surface area contributed by atoms with E-state index in [0.717, 1.165) is 24.8 Å². The molecule has 0 aliphatic carbocycles. The van der Waals surface area contributed by atoms with Gasteiger partial charge in [-0.15, -0.1) is 0 Å². The fourth-order valence-electron chi connectivity index (χ4n) is 4.28. The summed E-state index contributed by atoms with van der Waals surface area (Å²) in [6.07, 6.45) is 4.01. The molecular weight excluding hydrogens is 366 g/mol. The van der Waals surface area contributed by atoms with Gasteiger partial charge in [-0.05, 0) is 37.2 Å². The van der Waals surface area contributed by atoms with Crippen molar-refractivity contribution in [3.63, 3.8) is 0 Å². The van der Waals surface area contributed by atoms with Crippen LogP contribution in [-0.2, 0) is 20.9 Å². The largest absolute Gasteiger partial charge is 0.350 e. The lowest BCUT2D eigenvalue weighted by molar-refractivity contribution is -0.140. The molecule has 1 N–H and O–H groups in total. The highest BCUT2D eigenvalue weighted by Crippen LogP contribution is 2.27. The van der Waals surface area contributed by atoms with Gasteiger partial charge in [0.15, 0.2) is 0 Å². The maximum atomic E-state index is 12.8. The third-order valence-electron chi connectivity index (χ3n) is 6.01. The molecule has 0 spiro atoms. The molecule has 0 radical (unpaired) electrons. The van der Waals surface area contributed by atoms with Gasteiger partial charge in [0.05, 0.1) is 0 Å². The number of nitrogens with zero attached hydrogens (tertiary/aromatic N) is 2. The molecule has 2 saturated heterocycles. The molecular formula is C23H33N3O3. The predicted molar refractivity (Wildman–Crippen MR) is 112 cm³/mol. The Labute approximate surface area is 173 Å². The molecule has 0 unspecified atom stereocenters. The first kappa shape index (κ1) is 21.3. The van der Waals surface area contributed by atoms with E-state index in [0.29, 0.717) is 44.8 Å². The summed E-state index contributed by atoms with van der Waals surface area (Å²) < 4.78 is 0. The molecule has 6 heteroatoms. The Balaban J connectivity index is 1.53. The minimum Gasteiger partial charge on any atom is -0.350 e. The maximum Gasteiger partial charge on any atom is 0.243 e. The number of carbonyl (C=O) groups is 3. The zero-order valence-electron chi connectivity index (χ0n) is 17.6. The second kappa shape index (κ2) is 9.90. The average Bonchev–Trinajstić information content (AvgIpc) is 3.12. The van der Waals surface area contributed by atoms with Crippen LogP contribution in [0.5, 0.6) is 0 Å². The van der Waals surface area contributed by atoms with Crippen molar-refractivity contribution in [2.75, 3.05) is 13.1 Å². The van der Waals surface area contributed by atoms with E-state index in [1.165, 1.54) is 0 Å². The number of nitrogens with one attached hydrogen (secondary N) is 1. The SMILES string of the molecule is CC(C)CCC(=O)N1CCC(N2C(=O)CC[C@H]2C(=O)NCc2ccccc2)CC1. The van der Waals surface area contributed by atoms with Crippen molar-refractivity contribution in [3.8, 4) is 0 Å². The molecule has 2 heterocycles. The van der Waals surface area contributed by atoms with Gasteiger partial charge in [0, 0.05) is 38.5 Å². The zero-order valence-corrected chi connectivity index (χ0v) is 17.6. The monoisotopic (exact) mass is 399 g/mol. The van der Waals surface area contributed by atoms with Crippen LogP contribution >= 0.6 is 0 Å². The van der Waals surface area contributed by atoms with Crippen LogP contribution < -0.4 is 5.32 Å². The topological polar surface area (TPSA) is 69.7 Å². The molecule has 0 saturated carbocycles. The van der Waals surface area contributed by atoms with Gasteiger partial charge >= 0.3 is 0 Å². The van der Waals surface area contributed by atoms with Gasteiger partial charge in [0.1, 0.15) is 6.04 Å². The Morgan fingerprint density at radius 2 is 1.79 bits per heavy atom. The van der Waals surface area contributed by atoms with E-state index in [2.05, 4.69) is 19.2 Å². The van der Waals surface area contributed by atoms with Gasteiger partial charge in [-0.2, -0.15) is 0 Å². The highest BCUT2D eigenvalue weighted by atomic mass is 16.2. The highest BCUT2D eigenvalue weighted by Gasteiger charge is 2.41. The van der Waals surface area contributed by atoms with Gasteiger partial charge < -0.3 is 15.1 Å². The second-order valence-corrected chi connectivity index (χ2v) is 8.60. The summed E-state index contributed by atoms with van der Waals surface area (Å²) in [6.45, 7) is 6.07. The standard InChI is InChI=1S/C23H33N3O3/c1-17(2)8-10-21(27)25-14-12-19(13-15-25)26-20(9-11-22(26)28)23(29)24-16-18-6-4-3-5-7-18/h3-7,17,19-20H,8-16H2,1-2H3,(H,24,29)/t20-/m0/s1. The number of hydrogen-bond acceptors (Lipinski definition) is 3. The van der Waals surface area contributed by atoms with Crippen LogP contribution in [0, 0.1) is 5.92 Å². The number of likely N-dealkylation sites (tertiary alicyclic amines) is 2. The molecule has 29 heavy (non-hydrogen) atoms. The summed E-state index contributed by atoms with van der Waals surface area (Å²) in [5.41, 5.74) is 1.05. The zero-order chi connectivity index (χ0) is 20.8. The molecule has 1 aromatic carbocycles. The first-order valence-electron chi connectivity index (χ1n) is 10.9. The summed E-state index contributed by atoms with van der Waals surface area (Å²) in [5.74, 6) is 0.723. The Hall–Kier alpha value is -2.37. The normalized spacial score (nSPS) is 20.4. The fraction of sp³-hybridized carbons (Fsp3) is 0.609. The van der Waals surface area contributed by atoms with E-state index in [4.69, 9.17) is 0 Å². The smallest absolute Gasteiger partial charge is 0.243 e. The van der Waals surface area contributed by atoms with E-state index < -0.39 is 0 Å². The molecule has 6 nitrogen and oxygen atoms in total.